The Morgan fingerprint density at radius 2 is 2.44 bits per heavy atom. The molecule has 0 bridgehead atoms. The molecule has 1 saturated heterocycles. The number of ether oxygens (including phenoxy) is 2. The minimum atomic E-state index is -0.406. The van der Waals surface area contributed by atoms with E-state index >= 15 is 0 Å². The average molecular weight is 226 g/mol. The first-order chi connectivity index (χ1) is 7.81. The number of Topliss-reactive ketones (excluding diaryl/α,β-unsaturated/α-hetero) is 1. The van der Waals surface area contributed by atoms with Crippen LogP contribution in [0.15, 0.2) is 4.52 Å². The summed E-state index contributed by atoms with van der Waals surface area (Å²) in [5.74, 6) is 0.490. The lowest BCUT2D eigenvalue weighted by Gasteiger charge is -2.16. The Morgan fingerprint density at radius 1 is 1.56 bits per heavy atom. The van der Waals surface area contributed by atoms with Gasteiger partial charge in [-0.25, -0.2) is 0 Å². The summed E-state index contributed by atoms with van der Waals surface area (Å²) in [6.45, 7) is 3.60. The van der Waals surface area contributed by atoms with Crippen molar-refractivity contribution in [1.82, 2.24) is 10.1 Å². The predicted molar refractivity (Wildman–Crippen MR) is 52.8 cm³/mol. The monoisotopic (exact) mass is 226 g/mol. The zero-order chi connectivity index (χ0) is 11.4. The van der Waals surface area contributed by atoms with Gasteiger partial charge in [-0.1, -0.05) is 5.16 Å². The van der Waals surface area contributed by atoms with E-state index in [1.807, 2.05) is 6.92 Å². The molecule has 0 radical (unpaired) electrons. The van der Waals surface area contributed by atoms with E-state index in [-0.39, 0.29) is 5.78 Å². The highest BCUT2D eigenvalue weighted by Crippen LogP contribution is 2.20. The first kappa shape index (κ1) is 11.2. The first-order valence-electron chi connectivity index (χ1n) is 5.32. The topological polar surface area (TPSA) is 74.5 Å². The highest BCUT2D eigenvalue weighted by Gasteiger charge is 2.29. The van der Waals surface area contributed by atoms with Crippen LogP contribution in [0.1, 0.15) is 31.0 Å². The summed E-state index contributed by atoms with van der Waals surface area (Å²) in [6.07, 6.45) is 0.411. The standard InChI is InChI=1S/C10H14N2O4/c1-2-14-6-9-11-10(16-12-9)7-5-15-4-3-8(7)13/h7H,2-6H2,1H3. The Hall–Kier alpha value is -1.27. The molecule has 1 aromatic heterocycles. The molecule has 1 aliphatic heterocycles. The molecule has 6 nitrogen and oxygen atoms in total. The van der Waals surface area contributed by atoms with Crippen molar-refractivity contribution >= 4 is 5.78 Å². The van der Waals surface area contributed by atoms with Gasteiger partial charge < -0.3 is 14.0 Å². The fourth-order valence-electron chi connectivity index (χ4n) is 1.51. The molecule has 0 saturated carbocycles. The second-order valence-electron chi connectivity index (χ2n) is 3.53. The average Bonchev–Trinajstić information content (AvgIpc) is 2.75. The maximum Gasteiger partial charge on any atom is 0.239 e. The quantitative estimate of drug-likeness (QED) is 0.751. The molecule has 16 heavy (non-hydrogen) atoms. The number of carbonyl (C=O) groups excluding carboxylic acids is 1. The Balaban J connectivity index is 2.02. The molecule has 2 rings (SSSR count). The number of hydrogen-bond acceptors (Lipinski definition) is 6. The van der Waals surface area contributed by atoms with Crippen molar-refractivity contribution in [2.45, 2.75) is 25.9 Å². The van der Waals surface area contributed by atoms with Gasteiger partial charge in [-0.15, -0.1) is 0 Å². The van der Waals surface area contributed by atoms with E-state index in [0.717, 1.165) is 0 Å². The fraction of sp³-hybridized carbons (Fsp3) is 0.700. The van der Waals surface area contributed by atoms with Gasteiger partial charge in [0.1, 0.15) is 18.3 Å². The Kier molecular flexibility index (Phi) is 3.63. The summed E-state index contributed by atoms with van der Waals surface area (Å²) in [6, 6.07) is 0. The molecule has 1 aliphatic rings. The lowest BCUT2D eigenvalue weighted by Crippen LogP contribution is -2.25. The summed E-state index contributed by atoms with van der Waals surface area (Å²) in [5, 5.41) is 3.74. The van der Waals surface area contributed by atoms with Crippen LogP contribution in [0.3, 0.4) is 0 Å². The number of nitrogens with zero attached hydrogens (tertiary/aromatic N) is 2. The van der Waals surface area contributed by atoms with E-state index in [1.54, 1.807) is 0 Å². The highest BCUT2D eigenvalue weighted by molar-refractivity contribution is 5.85. The van der Waals surface area contributed by atoms with Crippen LogP contribution in [-0.2, 0) is 20.9 Å². The fourth-order valence-corrected chi connectivity index (χ4v) is 1.51. The lowest BCUT2D eigenvalue weighted by atomic mass is 10.0. The van der Waals surface area contributed by atoms with E-state index < -0.39 is 5.92 Å². The smallest absolute Gasteiger partial charge is 0.239 e. The third-order valence-corrected chi connectivity index (χ3v) is 2.38. The molecule has 1 aromatic rings. The third-order valence-electron chi connectivity index (χ3n) is 2.38. The second kappa shape index (κ2) is 5.18. The SMILES string of the molecule is CCOCc1noc(C2COCCC2=O)n1. The Morgan fingerprint density at radius 3 is 3.19 bits per heavy atom. The van der Waals surface area contributed by atoms with Crippen LogP contribution >= 0.6 is 0 Å². The zero-order valence-corrected chi connectivity index (χ0v) is 9.14. The van der Waals surface area contributed by atoms with Crippen LogP contribution in [0, 0.1) is 0 Å². The molecule has 88 valence electrons. The Labute approximate surface area is 92.9 Å². The molecule has 2 heterocycles. The predicted octanol–water partition coefficient (Wildman–Crippen LogP) is 0.679. The largest absolute Gasteiger partial charge is 0.380 e. The highest BCUT2D eigenvalue weighted by atomic mass is 16.5. The van der Waals surface area contributed by atoms with E-state index in [2.05, 4.69) is 10.1 Å². The van der Waals surface area contributed by atoms with Gasteiger partial charge in [0.25, 0.3) is 0 Å². The summed E-state index contributed by atoms with van der Waals surface area (Å²) < 4.78 is 15.4. The van der Waals surface area contributed by atoms with E-state index in [4.69, 9.17) is 14.0 Å². The summed E-state index contributed by atoms with van der Waals surface area (Å²) in [5.41, 5.74) is 0. The van der Waals surface area contributed by atoms with Crippen molar-refractivity contribution in [3.63, 3.8) is 0 Å². The molecule has 1 fully saturated rings. The van der Waals surface area contributed by atoms with Crippen LogP contribution in [-0.4, -0.2) is 35.7 Å². The number of ketones is 1. The zero-order valence-electron chi connectivity index (χ0n) is 9.14. The van der Waals surface area contributed by atoms with Crippen molar-refractivity contribution < 1.29 is 18.8 Å². The van der Waals surface area contributed by atoms with Gasteiger partial charge in [0.05, 0.1) is 13.2 Å². The molecular formula is C10H14N2O4. The molecule has 0 spiro atoms. The number of hydrogen-bond donors (Lipinski definition) is 0. The van der Waals surface area contributed by atoms with E-state index in [1.165, 1.54) is 0 Å². The van der Waals surface area contributed by atoms with Crippen LogP contribution in [0.5, 0.6) is 0 Å². The lowest BCUT2D eigenvalue weighted by molar-refractivity contribution is -0.127. The molecule has 1 atom stereocenters. The molecule has 1 unspecified atom stereocenters. The molecule has 0 N–H and O–H groups in total. The summed E-state index contributed by atoms with van der Waals surface area (Å²) >= 11 is 0. The van der Waals surface area contributed by atoms with Crippen LogP contribution in [0.25, 0.3) is 0 Å². The van der Waals surface area contributed by atoms with E-state index in [0.29, 0.717) is 44.6 Å². The minimum Gasteiger partial charge on any atom is -0.380 e. The van der Waals surface area contributed by atoms with Crippen molar-refractivity contribution in [2.24, 2.45) is 0 Å². The molecule has 0 aliphatic carbocycles. The van der Waals surface area contributed by atoms with Crippen LogP contribution in [0.4, 0.5) is 0 Å². The first-order valence-corrected chi connectivity index (χ1v) is 5.32. The van der Waals surface area contributed by atoms with Crippen LogP contribution in [0.2, 0.25) is 0 Å². The van der Waals surface area contributed by atoms with Gasteiger partial charge in [0.2, 0.25) is 5.89 Å². The van der Waals surface area contributed by atoms with Crippen molar-refractivity contribution in [3.05, 3.63) is 11.7 Å². The van der Waals surface area contributed by atoms with Crippen LogP contribution < -0.4 is 0 Å². The molecule has 0 aromatic carbocycles. The van der Waals surface area contributed by atoms with Gasteiger partial charge in [0.15, 0.2) is 5.82 Å². The normalized spacial score (nSPS) is 21.3. The van der Waals surface area contributed by atoms with Gasteiger partial charge in [-0.2, -0.15) is 4.98 Å². The number of rotatable bonds is 4. The molecular weight excluding hydrogens is 212 g/mol. The molecule has 0 amide bonds. The van der Waals surface area contributed by atoms with Crippen molar-refractivity contribution in [3.8, 4) is 0 Å². The van der Waals surface area contributed by atoms with Crippen molar-refractivity contribution in [1.29, 1.82) is 0 Å². The Bertz CT molecular complexity index is 363. The van der Waals surface area contributed by atoms with Gasteiger partial charge in [-0.3, -0.25) is 4.79 Å². The summed E-state index contributed by atoms with van der Waals surface area (Å²) in [7, 11) is 0. The maximum absolute atomic E-state index is 11.6. The minimum absolute atomic E-state index is 0.0952. The maximum atomic E-state index is 11.6. The number of aromatic nitrogens is 2. The van der Waals surface area contributed by atoms with Gasteiger partial charge in [0, 0.05) is 13.0 Å². The number of carbonyl (C=O) groups is 1. The second-order valence-corrected chi connectivity index (χ2v) is 3.53. The van der Waals surface area contributed by atoms with Crippen molar-refractivity contribution in [2.75, 3.05) is 19.8 Å². The molecule has 6 heteroatoms. The van der Waals surface area contributed by atoms with Gasteiger partial charge >= 0.3 is 0 Å². The third kappa shape index (κ3) is 2.45. The van der Waals surface area contributed by atoms with Gasteiger partial charge in [-0.05, 0) is 6.92 Å². The van der Waals surface area contributed by atoms with E-state index in [9.17, 15) is 4.79 Å². The summed E-state index contributed by atoms with van der Waals surface area (Å²) in [4.78, 5) is 15.7.